The zero-order valence-corrected chi connectivity index (χ0v) is 32.2. The third-order valence-corrected chi connectivity index (χ3v) is 10.0. The van der Waals surface area contributed by atoms with E-state index >= 15 is 0 Å². The molecular weight excluding hydrogens is 800 g/mol. The van der Waals surface area contributed by atoms with Crippen LogP contribution in [0, 0.1) is 23.3 Å². The van der Waals surface area contributed by atoms with Gasteiger partial charge in [0.25, 0.3) is 11.1 Å². The average molecular weight is 829 g/mol. The number of halogens is 5. The van der Waals surface area contributed by atoms with Crippen LogP contribution in [0.15, 0.2) is 120 Å². The molecule has 0 unspecified atom stereocenters. The highest BCUT2D eigenvalue weighted by Crippen LogP contribution is 2.30. The van der Waals surface area contributed by atoms with E-state index in [-0.39, 0.29) is 5.82 Å². The van der Waals surface area contributed by atoms with Gasteiger partial charge in [0.15, 0.2) is 0 Å². The Morgan fingerprint density at radius 3 is 1.51 bits per heavy atom. The summed E-state index contributed by atoms with van der Waals surface area (Å²) in [5.41, 5.74) is 9.81. The van der Waals surface area contributed by atoms with E-state index < -0.39 is 45.5 Å². The van der Waals surface area contributed by atoms with E-state index in [9.17, 15) is 27.2 Å². The summed E-state index contributed by atoms with van der Waals surface area (Å²) in [4.78, 5) is 33.0. The second-order valence-electron chi connectivity index (χ2n) is 11.9. The topological polar surface area (TPSA) is 134 Å². The van der Waals surface area contributed by atoms with Crippen molar-refractivity contribution in [1.82, 2.24) is 29.5 Å². The van der Waals surface area contributed by atoms with Crippen molar-refractivity contribution in [2.24, 2.45) is 14.1 Å². The summed E-state index contributed by atoms with van der Waals surface area (Å²) in [5.74, 6) is -3.90. The number of pyridine rings is 2. The molecule has 0 atom stereocenters. The number of anilines is 2. The van der Waals surface area contributed by atoms with Gasteiger partial charge in [0.1, 0.15) is 57.4 Å². The molecule has 0 saturated heterocycles. The molecule has 10 nitrogen and oxygen atoms in total. The van der Waals surface area contributed by atoms with E-state index in [2.05, 4.69) is 43.0 Å². The first-order chi connectivity index (χ1) is 27.4. The van der Waals surface area contributed by atoms with Gasteiger partial charge in [-0.3, -0.25) is 19.0 Å². The number of hydrogen-bond acceptors (Lipinski definition) is 9. The molecule has 0 aliphatic rings. The lowest BCUT2D eigenvalue weighted by Gasteiger charge is -2.07. The van der Waals surface area contributed by atoms with E-state index in [4.69, 9.17) is 17.3 Å². The Labute approximate surface area is 335 Å². The van der Waals surface area contributed by atoms with Gasteiger partial charge >= 0.3 is 0 Å². The summed E-state index contributed by atoms with van der Waals surface area (Å²) in [6.07, 6.45) is 3.34. The van der Waals surface area contributed by atoms with Gasteiger partial charge in [-0.1, -0.05) is 24.3 Å². The van der Waals surface area contributed by atoms with Crippen LogP contribution >= 0.6 is 34.3 Å². The van der Waals surface area contributed by atoms with Crippen molar-refractivity contribution in [1.29, 1.82) is 0 Å². The van der Waals surface area contributed by atoms with Crippen LogP contribution in [-0.2, 0) is 14.1 Å². The highest BCUT2D eigenvalue weighted by atomic mass is 35.5. The first-order valence-electron chi connectivity index (χ1n) is 16.6. The fourth-order valence-electron chi connectivity index (χ4n) is 5.32. The molecule has 6 aromatic heterocycles. The van der Waals surface area contributed by atoms with Gasteiger partial charge in [-0.2, -0.15) is 10.2 Å². The van der Waals surface area contributed by atoms with Crippen LogP contribution in [-0.4, -0.2) is 40.7 Å². The molecule has 3 N–H and O–H groups in total. The van der Waals surface area contributed by atoms with Crippen molar-refractivity contribution < 1.29 is 27.2 Å². The molecule has 2 aromatic carbocycles. The van der Waals surface area contributed by atoms with E-state index in [1.54, 1.807) is 57.9 Å². The van der Waals surface area contributed by atoms with Gasteiger partial charge in [-0.05, 0) is 95.2 Å². The highest BCUT2D eigenvalue weighted by molar-refractivity contribution is 7.13. The van der Waals surface area contributed by atoms with Crippen LogP contribution in [0.3, 0.4) is 0 Å². The van der Waals surface area contributed by atoms with Crippen LogP contribution in [0.2, 0.25) is 0 Å². The van der Waals surface area contributed by atoms with Gasteiger partial charge in [0.2, 0.25) is 0 Å². The Morgan fingerprint density at radius 1 is 0.649 bits per heavy atom. The monoisotopic (exact) mass is 828 g/mol. The molecule has 8 rings (SSSR count). The van der Waals surface area contributed by atoms with Crippen LogP contribution in [0.25, 0.3) is 43.7 Å². The zero-order valence-electron chi connectivity index (χ0n) is 29.8. The van der Waals surface area contributed by atoms with Crippen LogP contribution in [0.4, 0.5) is 29.2 Å². The number of hydrogen-bond donors (Lipinski definition) is 2. The fourth-order valence-corrected chi connectivity index (χ4v) is 6.86. The Bertz CT molecular complexity index is 2590. The minimum atomic E-state index is -1.12. The summed E-state index contributed by atoms with van der Waals surface area (Å²) in [7, 11) is 3.77. The fraction of sp³-hybridized carbons (Fsp3) is 0.0500. The zero-order chi connectivity index (χ0) is 40.6. The van der Waals surface area contributed by atoms with Crippen molar-refractivity contribution in [2.45, 2.75) is 0 Å². The molecule has 0 spiro atoms. The van der Waals surface area contributed by atoms with E-state index in [0.29, 0.717) is 5.82 Å². The quantitative estimate of drug-likeness (QED) is 0.121. The number of nitrogens with two attached hydrogens (primary N) is 1. The summed E-state index contributed by atoms with van der Waals surface area (Å²) in [5, 5.41) is 14.3. The van der Waals surface area contributed by atoms with Gasteiger partial charge in [-0.25, -0.2) is 27.5 Å². The average Bonchev–Trinajstić information content (AvgIpc) is 4.01. The summed E-state index contributed by atoms with van der Waals surface area (Å²) in [6, 6.07) is 25.5. The number of nitrogen functional groups attached to an aromatic ring is 1. The molecule has 8 aromatic rings. The van der Waals surface area contributed by atoms with Crippen molar-refractivity contribution in [3.63, 3.8) is 0 Å². The van der Waals surface area contributed by atoms with Crippen molar-refractivity contribution in [2.75, 3.05) is 11.1 Å². The second kappa shape index (κ2) is 18.0. The third-order valence-electron chi connectivity index (χ3n) is 8.04. The molecular formula is C40H29ClF4N8O2S2. The van der Waals surface area contributed by atoms with E-state index in [0.717, 1.165) is 69.1 Å². The predicted octanol–water partition coefficient (Wildman–Crippen LogP) is 9.88. The minimum Gasteiger partial charge on any atom is -0.384 e. The largest absolute Gasteiger partial charge is 0.384 e. The van der Waals surface area contributed by atoms with Gasteiger partial charge in [-0.15, -0.1) is 22.7 Å². The second-order valence-corrected chi connectivity index (χ2v) is 14.1. The van der Waals surface area contributed by atoms with Crippen molar-refractivity contribution >= 4 is 57.1 Å². The van der Waals surface area contributed by atoms with Crippen LogP contribution < -0.4 is 11.1 Å². The highest BCUT2D eigenvalue weighted by Gasteiger charge is 2.18. The smallest absolute Gasteiger partial charge is 0.262 e. The number of nitrogens with one attached hydrogen (secondary N) is 1. The molecule has 0 aliphatic heterocycles. The number of aromatic nitrogens is 6. The maximum absolute atomic E-state index is 13.7. The first kappa shape index (κ1) is 40.2. The molecule has 1 amide bonds. The van der Waals surface area contributed by atoms with Gasteiger partial charge in [0.05, 0.1) is 21.1 Å². The third kappa shape index (κ3) is 9.67. The summed E-state index contributed by atoms with van der Waals surface area (Å²) < 4.78 is 56.2. The standard InChI is InChI=1S/C20H14F2N4OS.C13H12N4S.C7H3ClF2O/c1-26-16(10-15(25-26)17-6-3-9-28-17)12-7-8-18(23-11-12)24-20(27)19-13(21)4-2-5-14(19)22;1-17-11(9-4-5-13(14)15-8-9)7-10(16-17)12-3-2-6-18-12;8-7(11)6-4(9)2-1-3-5(6)10/h2-11H,1H3,(H,23,24,27);2-8H,1H3,(H2,14,15);1-3H. The number of nitrogens with zero attached hydrogens (tertiary/aromatic N) is 6. The Balaban J connectivity index is 0.000000161. The van der Waals surface area contributed by atoms with Crippen molar-refractivity contribution in [3.05, 3.63) is 155 Å². The molecule has 57 heavy (non-hydrogen) atoms. The molecule has 288 valence electrons. The number of rotatable bonds is 7. The normalized spacial score (nSPS) is 10.6. The van der Waals surface area contributed by atoms with Crippen LogP contribution in [0.5, 0.6) is 0 Å². The van der Waals surface area contributed by atoms with Crippen molar-refractivity contribution in [3.8, 4) is 43.7 Å². The molecule has 0 aliphatic carbocycles. The molecule has 6 heterocycles. The van der Waals surface area contributed by atoms with Gasteiger partial charge in [0, 0.05) is 37.6 Å². The molecule has 0 fully saturated rings. The summed E-state index contributed by atoms with van der Waals surface area (Å²) >= 11 is 8.18. The number of carbonyl (C=O) groups is 2. The maximum atomic E-state index is 13.7. The lowest BCUT2D eigenvalue weighted by Crippen LogP contribution is -2.16. The molecule has 17 heteroatoms. The number of aryl methyl sites for hydroxylation is 2. The van der Waals surface area contributed by atoms with E-state index in [1.807, 2.05) is 54.5 Å². The summed E-state index contributed by atoms with van der Waals surface area (Å²) in [6.45, 7) is 0. The SMILES string of the molecule is Cn1nc(-c2cccs2)cc1-c1ccc(N)nc1.Cn1nc(-c2cccs2)cc1-c1ccc(NC(=O)c2c(F)cccc2F)nc1.O=C(Cl)c1c(F)cccc1F. The number of thiophene rings is 2. The Kier molecular flexibility index (Phi) is 12.7. The molecule has 0 radical (unpaired) electrons. The van der Waals surface area contributed by atoms with Gasteiger partial charge < -0.3 is 11.1 Å². The van der Waals surface area contributed by atoms with Crippen LogP contribution in [0.1, 0.15) is 20.7 Å². The minimum absolute atomic E-state index is 0.192. The Morgan fingerprint density at radius 2 is 1.12 bits per heavy atom. The Hall–Kier alpha value is -6.49. The predicted molar refractivity (Wildman–Crippen MR) is 215 cm³/mol. The van der Waals surface area contributed by atoms with E-state index in [1.165, 1.54) is 10.9 Å². The number of amides is 1. The lowest BCUT2D eigenvalue weighted by molar-refractivity contribution is 0.101. The maximum Gasteiger partial charge on any atom is 0.262 e. The molecule has 0 saturated carbocycles. The first-order valence-corrected chi connectivity index (χ1v) is 18.8. The number of carbonyl (C=O) groups excluding carboxylic acids is 2. The molecule has 0 bridgehead atoms. The lowest BCUT2D eigenvalue weighted by atomic mass is 10.1. The number of benzene rings is 2.